The first kappa shape index (κ1) is 16.8. The van der Waals surface area contributed by atoms with Crippen molar-refractivity contribution in [3.8, 4) is 22.6 Å². The molecule has 3 N–H and O–H groups in total. The zero-order valence-electron chi connectivity index (χ0n) is 15.6. The standard InChI is InChI=1S/C21H21N7/c1-13-3-2-4-19(25-13)21-16(10-24-27-21)17-5-6-18-20(26-17)7-15(9-23-18)28-11-14(8-22)12-28/h2-7,9-10,14H,8,11-12,22H2,1H3,(H,24,27). The highest BCUT2D eigenvalue weighted by atomic mass is 15.2. The minimum atomic E-state index is 0.574. The average molecular weight is 371 g/mol. The first-order chi connectivity index (χ1) is 13.7. The molecule has 0 bridgehead atoms. The van der Waals surface area contributed by atoms with Gasteiger partial charge in [0.05, 0.1) is 34.3 Å². The monoisotopic (exact) mass is 371 g/mol. The number of aromatic amines is 1. The van der Waals surface area contributed by atoms with Crippen molar-refractivity contribution in [3.05, 3.63) is 54.5 Å². The lowest BCUT2D eigenvalue weighted by atomic mass is 10.00. The van der Waals surface area contributed by atoms with Crippen LogP contribution in [0.4, 0.5) is 5.69 Å². The maximum Gasteiger partial charge on any atom is 0.120 e. The fraction of sp³-hybridized carbons (Fsp3) is 0.238. The van der Waals surface area contributed by atoms with Crippen LogP contribution >= 0.6 is 0 Å². The van der Waals surface area contributed by atoms with E-state index in [1.165, 1.54) is 0 Å². The van der Waals surface area contributed by atoms with Crippen molar-refractivity contribution >= 4 is 16.7 Å². The largest absolute Gasteiger partial charge is 0.369 e. The van der Waals surface area contributed by atoms with E-state index in [1.807, 2.05) is 49.6 Å². The van der Waals surface area contributed by atoms with Crippen LogP contribution in [0.3, 0.4) is 0 Å². The van der Waals surface area contributed by atoms with Crippen molar-refractivity contribution in [2.24, 2.45) is 11.7 Å². The molecule has 1 saturated heterocycles. The lowest BCUT2D eigenvalue weighted by Gasteiger charge is -2.40. The Hall–Kier alpha value is -3.32. The highest BCUT2D eigenvalue weighted by Crippen LogP contribution is 2.30. The van der Waals surface area contributed by atoms with Gasteiger partial charge in [-0.05, 0) is 43.8 Å². The predicted molar refractivity (Wildman–Crippen MR) is 110 cm³/mol. The van der Waals surface area contributed by atoms with Gasteiger partial charge in [0.1, 0.15) is 5.69 Å². The second-order valence-electron chi connectivity index (χ2n) is 7.25. The molecule has 0 aromatic carbocycles. The van der Waals surface area contributed by atoms with E-state index in [0.29, 0.717) is 5.92 Å². The summed E-state index contributed by atoms with van der Waals surface area (Å²) >= 11 is 0. The first-order valence-corrected chi connectivity index (χ1v) is 9.41. The molecule has 5 rings (SSSR count). The number of nitrogens with two attached hydrogens (primary N) is 1. The van der Waals surface area contributed by atoms with E-state index < -0.39 is 0 Å². The summed E-state index contributed by atoms with van der Waals surface area (Å²) in [6.07, 6.45) is 3.78. The molecule has 1 fully saturated rings. The van der Waals surface area contributed by atoms with E-state index in [-0.39, 0.29) is 0 Å². The Morgan fingerprint density at radius 3 is 2.82 bits per heavy atom. The zero-order valence-corrected chi connectivity index (χ0v) is 15.6. The molecule has 28 heavy (non-hydrogen) atoms. The summed E-state index contributed by atoms with van der Waals surface area (Å²) in [6, 6.07) is 12.0. The van der Waals surface area contributed by atoms with Gasteiger partial charge in [-0.1, -0.05) is 6.07 Å². The third-order valence-corrected chi connectivity index (χ3v) is 5.23. The van der Waals surface area contributed by atoms with Crippen LogP contribution in [0.5, 0.6) is 0 Å². The molecule has 7 nitrogen and oxygen atoms in total. The fourth-order valence-corrected chi connectivity index (χ4v) is 3.60. The van der Waals surface area contributed by atoms with Crippen LogP contribution in [0, 0.1) is 12.8 Å². The van der Waals surface area contributed by atoms with E-state index in [1.54, 1.807) is 0 Å². The Balaban J connectivity index is 1.53. The summed E-state index contributed by atoms with van der Waals surface area (Å²) in [7, 11) is 0. The zero-order chi connectivity index (χ0) is 19.1. The van der Waals surface area contributed by atoms with Crippen molar-refractivity contribution in [2.45, 2.75) is 6.92 Å². The number of hydrogen-bond acceptors (Lipinski definition) is 6. The number of aromatic nitrogens is 5. The van der Waals surface area contributed by atoms with Gasteiger partial charge >= 0.3 is 0 Å². The van der Waals surface area contributed by atoms with E-state index >= 15 is 0 Å². The number of nitrogens with zero attached hydrogens (tertiary/aromatic N) is 5. The molecular formula is C21H21N7. The van der Waals surface area contributed by atoms with Gasteiger partial charge in [0.25, 0.3) is 0 Å². The van der Waals surface area contributed by atoms with Crippen molar-refractivity contribution in [1.82, 2.24) is 25.1 Å². The van der Waals surface area contributed by atoms with Gasteiger partial charge in [0.15, 0.2) is 0 Å². The fourth-order valence-electron chi connectivity index (χ4n) is 3.60. The molecule has 0 atom stereocenters. The number of fused-ring (bicyclic) bond motifs is 1. The van der Waals surface area contributed by atoms with Crippen LogP contribution < -0.4 is 10.6 Å². The number of anilines is 1. The minimum absolute atomic E-state index is 0.574. The number of aryl methyl sites for hydroxylation is 1. The van der Waals surface area contributed by atoms with Gasteiger partial charge in [-0.15, -0.1) is 0 Å². The second kappa shape index (κ2) is 6.69. The Labute approximate surface area is 162 Å². The number of H-pyrrole nitrogens is 1. The van der Waals surface area contributed by atoms with Crippen molar-refractivity contribution in [1.29, 1.82) is 0 Å². The van der Waals surface area contributed by atoms with Crippen LogP contribution in [0.25, 0.3) is 33.7 Å². The topological polar surface area (TPSA) is 96.6 Å². The molecule has 0 unspecified atom stereocenters. The van der Waals surface area contributed by atoms with Crippen LogP contribution in [-0.4, -0.2) is 44.8 Å². The Bertz CT molecular complexity index is 1140. The van der Waals surface area contributed by atoms with Crippen LogP contribution in [-0.2, 0) is 0 Å². The van der Waals surface area contributed by atoms with Crippen molar-refractivity contribution in [2.75, 3.05) is 24.5 Å². The van der Waals surface area contributed by atoms with Crippen molar-refractivity contribution in [3.63, 3.8) is 0 Å². The highest BCUT2D eigenvalue weighted by Gasteiger charge is 2.26. The summed E-state index contributed by atoms with van der Waals surface area (Å²) in [6.45, 7) is 4.67. The number of nitrogens with one attached hydrogen (secondary N) is 1. The summed E-state index contributed by atoms with van der Waals surface area (Å²) in [5.74, 6) is 0.574. The molecule has 0 radical (unpaired) electrons. The maximum absolute atomic E-state index is 5.74. The summed E-state index contributed by atoms with van der Waals surface area (Å²) in [4.78, 5) is 16.3. The molecule has 1 aliphatic heterocycles. The molecule has 0 amide bonds. The second-order valence-corrected chi connectivity index (χ2v) is 7.25. The summed E-state index contributed by atoms with van der Waals surface area (Å²) in [5.41, 5.74) is 12.9. The quantitative estimate of drug-likeness (QED) is 0.573. The van der Waals surface area contributed by atoms with Gasteiger partial charge in [-0.25, -0.2) is 4.98 Å². The Morgan fingerprint density at radius 2 is 2.00 bits per heavy atom. The summed E-state index contributed by atoms with van der Waals surface area (Å²) < 4.78 is 0. The minimum Gasteiger partial charge on any atom is -0.369 e. The van der Waals surface area contributed by atoms with Crippen LogP contribution in [0.2, 0.25) is 0 Å². The maximum atomic E-state index is 5.74. The molecule has 0 spiro atoms. The Morgan fingerprint density at radius 1 is 1.11 bits per heavy atom. The Kier molecular flexibility index (Phi) is 4.02. The predicted octanol–water partition coefficient (Wildman–Crippen LogP) is 2.79. The number of rotatable bonds is 4. The molecule has 7 heteroatoms. The normalized spacial score (nSPS) is 14.4. The van der Waals surface area contributed by atoms with Crippen molar-refractivity contribution < 1.29 is 0 Å². The summed E-state index contributed by atoms with van der Waals surface area (Å²) in [5, 5.41) is 7.36. The molecule has 4 aromatic heterocycles. The van der Waals surface area contributed by atoms with Crippen LogP contribution in [0.15, 0.2) is 48.8 Å². The van der Waals surface area contributed by atoms with Gasteiger partial charge < -0.3 is 10.6 Å². The lowest BCUT2D eigenvalue weighted by Crippen LogP contribution is -2.50. The molecule has 5 heterocycles. The van der Waals surface area contributed by atoms with Gasteiger partial charge in [0, 0.05) is 36.5 Å². The SMILES string of the molecule is Cc1cccc(-c2n[nH]cc2-c2ccc3ncc(N4CC(CN)C4)cc3n2)n1. The third kappa shape index (κ3) is 2.90. The first-order valence-electron chi connectivity index (χ1n) is 9.41. The van der Waals surface area contributed by atoms with E-state index in [0.717, 1.165) is 64.7 Å². The number of hydrogen-bond donors (Lipinski definition) is 2. The molecule has 1 aliphatic rings. The average Bonchev–Trinajstić information content (AvgIpc) is 3.16. The molecule has 0 saturated carbocycles. The lowest BCUT2D eigenvalue weighted by molar-refractivity contribution is 0.420. The molecule has 4 aromatic rings. The molecular weight excluding hydrogens is 350 g/mol. The molecule has 0 aliphatic carbocycles. The number of pyridine rings is 3. The van der Waals surface area contributed by atoms with Crippen LogP contribution in [0.1, 0.15) is 5.69 Å². The van der Waals surface area contributed by atoms with E-state index in [4.69, 9.17) is 10.7 Å². The van der Waals surface area contributed by atoms with Gasteiger partial charge in [-0.3, -0.25) is 15.1 Å². The smallest absolute Gasteiger partial charge is 0.120 e. The third-order valence-electron chi connectivity index (χ3n) is 5.23. The molecule has 140 valence electrons. The highest BCUT2D eigenvalue weighted by molar-refractivity contribution is 5.84. The van der Waals surface area contributed by atoms with Gasteiger partial charge in [0.2, 0.25) is 0 Å². The van der Waals surface area contributed by atoms with E-state index in [9.17, 15) is 0 Å². The van der Waals surface area contributed by atoms with E-state index in [2.05, 4.69) is 31.1 Å². The van der Waals surface area contributed by atoms with Gasteiger partial charge in [-0.2, -0.15) is 5.10 Å².